The quantitative estimate of drug-likeness (QED) is 0.690. The van der Waals surface area contributed by atoms with Crippen LogP contribution in [0.25, 0.3) is 0 Å². The molecule has 0 aromatic heterocycles. The van der Waals surface area contributed by atoms with E-state index in [0.717, 1.165) is 13.2 Å². The van der Waals surface area contributed by atoms with E-state index in [2.05, 4.69) is 32.6 Å². The lowest BCUT2D eigenvalue weighted by Crippen LogP contribution is -2.39. The molecule has 0 spiro atoms. The second-order valence-corrected chi connectivity index (χ2v) is 5.43. The number of likely N-dealkylation sites (tertiary alicyclic amines) is 1. The van der Waals surface area contributed by atoms with Crippen molar-refractivity contribution >= 4 is 0 Å². The van der Waals surface area contributed by atoms with Gasteiger partial charge in [-0.1, -0.05) is 13.8 Å². The number of hydrogen-bond donors (Lipinski definition) is 0. The summed E-state index contributed by atoms with van der Waals surface area (Å²) in [5, 5.41) is 0. The third-order valence-corrected chi connectivity index (χ3v) is 3.07. The van der Waals surface area contributed by atoms with Crippen LogP contribution in [0.2, 0.25) is 0 Å². The fourth-order valence-electron chi connectivity index (χ4n) is 1.80. The van der Waals surface area contributed by atoms with E-state index in [1.807, 2.05) is 0 Å². The molecule has 84 valence electrons. The Balaban J connectivity index is 2.10. The van der Waals surface area contributed by atoms with Crippen LogP contribution in [-0.4, -0.2) is 37.2 Å². The Morgan fingerprint density at radius 1 is 1.21 bits per heavy atom. The van der Waals surface area contributed by atoms with Crippen LogP contribution in [0.15, 0.2) is 0 Å². The molecule has 1 saturated heterocycles. The normalized spacial score (nSPS) is 22.9. The van der Waals surface area contributed by atoms with Crippen LogP contribution in [0, 0.1) is 5.41 Å². The predicted octanol–water partition coefficient (Wildman–Crippen LogP) is 2.53. The highest BCUT2D eigenvalue weighted by Gasteiger charge is 2.24. The van der Waals surface area contributed by atoms with Crippen molar-refractivity contribution in [3.8, 4) is 0 Å². The lowest BCUT2D eigenvalue weighted by molar-refractivity contribution is 0.0434. The molecule has 1 aliphatic rings. The number of hydrogen-bond acceptors (Lipinski definition) is 2. The van der Waals surface area contributed by atoms with E-state index in [-0.39, 0.29) is 0 Å². The van der Waals surface area contributed by atoms with Crippen LogP contribution in [0.4, 0.5) is 0 Å². The van der Waals surface area contributed by atoms with Crippen molar-refractivity contribution in [2.75, 3.05) is 26.2 Å². The molecule has 0 aromatic carbocycles. The molecule has 0 N–H and O–H groups in total. The van der Waals surface area contributed by atoms with E-state index in [1.165, 1.54) is 25.9 Å². The summed E-state index contributed by atoms with van der Waals surface area (Å²) in [7, 11) is 0. The first-order valence-corrected chi connectivity index (χ1v) is 5.83. The predicted molar refractivity (Wildman–Crippen MR) is 60.5 cm³/mol. The Kier molecular flexibility index (Phi) is 4.39. The number of ether oxygens (including phenoxy) is 1. The Morgan fingerprint density at radius 3 is 2.29 bits per heavy atom. The molecule has 1 fully saturated rings. The third kappa shape index (κ3) is 4.43. The maximum Gasteiger partial charge on any atom is 0.0596 e. The summed E-state index contributed by atoms with van der Waals surface area (Å²) >= 11 is 0. The van der Waals surface area contributed by atoms with E-state index >= 15 is 0 Å². The van der Waals surface area contributed by atoms with Gasteiger partial charge in [0.1, 0.15) is 0 Å². The van der Waals surface area contributed by atoms with Crippen LogP contribution in [0.1, 0.15) is 40.5 Å². The van der Waals surface area contributed by atoms with Crippen molar-refractivity contribution in [2.24, 2.45) is 5.41 Å². The molecule has 0 atom stereocenters. The smallest absolute Gasteiger partial charge is 0.0596 e. The fourth-order valence-corrected chi connectivity index (χ4v) is 1.80. The average molecular weight is 199 g/mol. The molecule has 0 saturated carbocycles. The molecule has 2 heteroatoms. The molecule has 0 radical (unpaired) electrons. The van der Waals surface area contributed by atoms with Gasteiger partial charge in [0, 0.05) is 6.54 Å². The Morgan fingerprint density at radius 2 is 1.79 bits per heavy atom. The van der Waals surface area contributed by atoms with Crippen molar-refractivity contribution < 1.29 is 4.74 Å². The molecular formula is C12H25NO. The van der Waals surface area contributed by atoms with Crippen LogP contribution in [0.5, 0.6) is 0 Å². The van der Waals surface area contributed by atoms with Crippen LogP contribution in [0.3, 0.4) is 0 Å². The van der Waals surface area contributed by atoms with E-state index in [0.29, 0.717) is 11.5 Å². The van der Waals surface area contributed by atoms with E-state index in [1.54, 1.807) is 0 Å². The molecule has 14 heavy (non-hydrogen) atoms. The van der Waals surface area contributed by atoms with Crippen molar-refractivity contribution in [1.29, 1.82) is 0 Å². The monoisotopic (exact) mass is 199 g/mol. The van der Waals surface area contributed by atoms with Gasteiger partial charge in [0.25, 0.3) is 0 Å². The van der Waals surface area contributed by atoms with Gasteiger partial charge in [-0.05, 0) is 45.2 Å². The summed E-state index contributed by atoms with van der Waals surface area (Å²) in [5.74, 6) is 0. The van der Waals surface area contributed by atoms with Gasteiger partial charge in [-0.3, -0.25) is 0 Å². The third-order valence-electron chi connectivity index (χ3n) is 3.07. The molecule has 1 rings (SSSR count). The molecule has 0 amide bonds. The van der Waals surface area contributed by atoms with Gasteiger partial charge in [-0.25, -0.2) is 0 Å². The Labute approximate surface area is 88.6 Å². The lowest BCUT2D eigenvalue weighted by atomic mass is 9.83. The second kappa shape index (κ2) is 5.13. The highest BCUT2D eigenvalue weighted by molar-refractivity contribution is 4.78. The average Bonchev–Trinajstić information content (AvgIpc) is 2.07. The van der Waals surface area contributed by atoms with Gasteiger partial charge in [0.2, 0.25) is 0 Å². The van der Waals surface area contributed by atoms with Gasteiger partial charge in [0.05, 0.1) is 12.7 Å². The second-order valence-electron chi connectivity index (χ2n) is 5.43. The zero-order chi connectivity index (χ0) is 10.6. The number of piperidine rings is 1. The first kappa shape index (κ1) is 12.0. The van der Waals surface area contributed by atoms with Crippen molar-refractivity contribution in [3.63, 3.8) is 0 Å². The zero-order valence-electron chi connectivity index (χ0n) is 10.2. The molecule has 0 aromatic rings. The summed E-state index contributed by atoms with van der Waals surface area (Å²) in [5.41, 5.74) is 0.565. The largest absolute Gasteiger partial charge is 0.377 e. The van der Waals surface area contributed by atoms with E-state index in [4.69, 9.17) is 4.74 Å². The summed E-state index contributed by atoms with van der Waals surface area (Å²) in [6.07, 6.45) is 3.03. The molecular weight excluding hydrogens is 174 g/mol. The minimum absolute atomic E-state index is 0.372. The van der Waals surface area contributed by atoms with Crippen molar-refractivity contribution in [2.45, 2.75) is 46.6 Å². The molecule has 2 nitrogen and oxygen atoms in total. The maximum atomic E-state index is 5.55. The first-order valence-electron chi connectivity index (χ1n) is 5.83. The topological polar surface area (TPSA) is 12.5 Å². The zero-order valence-corrected chi connectivity index (χ0v) is 10.2. The highest BCUT2D eigenvalue weighted by atomic mass is 16.5. The van der Waals surface area contributed by atoms with Gasteiger partial charge in [-0.2, -0.15) is 0 Å². The Hall–Kier alpha value is -0.0800. The SMILES string of the molecule is CC(C)OCCN1CCC(C)(C)CC1. The Bertz CT molecular complexity index is 156. The van der Waals surface area contributed by atoms with Gasteiger partial charge >= 0.3 is 0 Å². The van der Waals surface area contributed by atoms with E-state index in [9.17, 15) is 0 Å². The summed E-state index contributed by atoms with van der Waals surface area (Å²) in [4.78, 5) is 2.52. The molecule has 0 aliphatic carbocycles. The van der Waals surface area contributed by atoms with Gasteiger partial charge in [-0.15, -0.1) is 0 Å². The molecule has 1 heterocycles. The van der Waals surface area contributed by atoms with Crippen LogP contribution < -0.4 is 0 Å². The summed E-state index contributed by atoms with van der Waals surface area (Å²) in [6, 6.07) is 0. The summed E-state index contributed by atoms with van der Waals surface area (Å²) in [6.45, 7) is 13.4. The van der Waals surface area contributed by atoms with Crippen LogP contribution >= 0.6 is 0 Å². The van der Waals surface area contributed by atoms with Crippen LogP contribution in [-0.2, 0) is 4.74 Å². The molecule has 0 unspecified atom stereocenters. The van der Waals surface area contributed by atoms with Gasteiger partial charge < -0.3 is 9.64 Å². The standard InChI is InChI=1S/C12H25NO/c1-11(2)14-10-9-13-7-5-12(3,4)6-8-13/h11H,5-10H2,1-4H3. The maximum absolute atomic E-state index is 5.55. The fraction of sp³-hybridized carbons (Fsp3) is 1.00. The number of rotatable bonds is 4. The molecule has 0 bridgehead atoms. The van der Waals surface area contributed by atoms with Crippen molar-refractivity contribution in [1.82, 2.24) is 4.90 Å². The minimum atomic E-state index is 0.372. The lowest BCUT2D eigenvalue weighted by Gasteiger charge is -2.36. The van der Waals surface area contributed by atoms with Gasteiger partial charge in [0.15, 0.2) is 0 Å². The first-order chi connectivity index (χ1) is 6.49. The van der Waals surface area contributed by atoms with Crippen molar-refractivity contribution in [3.05, 3.63) is 0 Å². The van der Waals surface area contributed by atoms with E-state index < -0.39 is 0 Å². The molecule has 1 aliphatic heterocycles. The minimum Gasteiger partial charge on any atom is -0.377 e. The number of nitrogens with zero attached hydrogens (tertiary/aromatic N) is 1. The highest BCUT2D eigenvalue weighted by Crippen LogP contribution is 2.29. The summed E-state index contributed by atoms with van der Waals surface area (Å²) < 4.78 is 5.55.